The summed E-state index contributed by atoms with van der Waals surface area (Å²) < 4.78 is 25.1. The number of aromatic amines is 1. The summed E-state index contributed by atoms with van der Waals surface area (Å²) in [7, 11) is -3.35. The molecule has 1 aliphatic heterocycles. The van der Waals surface area contributed by atoms with E-state index in [2.05, 4.69) is 41.0 Å². The van der Waals surface area contributed by atoms with Crippen molar-refractivity contribution in [3.8, 4) is 0 Å². The maximum atomic E-state index is 12.9. The number of carbonyl (C=O) groups excluding carboxylic acids is 2. The predicted octanol–water partition coefficient (Wildman–Crippen LogP) is 3.42. The summed E-state index contributed by atoms with van der Waals surface area (Å²) in [5.41, 5.74) is 4.43. The Bertz CT molecular complexity index is 1350. The summed E-state index contributed by atoms with van der Waals surface area (Å²) in [5.74, 6) is 0.169. The SMILES string of the molecule is CC(C)(C)c1ccc(C(=O)Nc2[nH]nc3c2CN(C(=O)Cc2ccc(NS(C)(=O)=O)cc2)C3)cc1. The number of hydrogen-bond acceptors (Lipinski definition) is 5. The fourth-order valence-corrected chi connectivity index (χ4v) is 4.47. The molecule has 10 heteroatoms. The number of rotatable bonds is 6. The van der Waals surface area contributed by atoms with E-state index in [4.69, 9.17) is 0 Å². The van der Waals surface area contributed by atoms with E-state index >= 15 is 0 Å². The predicted molar refractivity (Wildman–Crippen MR) is 135 cm³/mol. The van der Waals surface area contributed by atoms with Crippen LogP contribution in [0.1, 0.15) is 53.5 Å². The number of H-pyrrole nitrogens is 1. The van der Waals surface area contributed by atoms with Crippen LogP contribution in [0.25, 0.3) is 0 Å². The molecule has 35 heavy (non-hydrogen) atoms. The first-order valence-corrected chi connectivity index (χ1v) is 13.1. The number of benzene rings is 2. The van der Waals surface area contributed by atoms with Crippen molar-refractivity contribution < 1.29 is 18.0 Å². The number of anilines is 2. The number of aromatic nitrogens is 2. The Hall–Kier alpha value is -3.66. The highest BCUT2D eigenvalue weighted by molar-refractivity contribution is 7.92. The normalized spacial score (nSPS) is 13.4. The van der Waals surface area contributed by atoms with Crippen molar-refractivity contribution in [2.24, 2.45) is 0 Å². The fourth-order valence-electron chi connectivity index (χ4n) is 3.91. The minimum atomic E-state index is -3.35. The molecule has 0 unspecified atom stereocenters. The van der Waals surface area contributed by atoms with Crippen LogP contribution >= 0.6 is 0 Å². The molecule has 2 heterocycles. The number of nitrogens with one attached hydrogen (secondary N) is 3. The van der Waals surface area contributed by atoms with Crippen LogP contribution in [0.4, 0.5) is 11.5 Å². The third kappa shape index (κ3) is 5.89. The molecule has 0 fully saturated rings. The van der Waals surface area contributed by atoms with E-state index in [-0.39, 0.29) is 23.7 Å². The Kier molecular flexibility index (Phi) is 6.42. The number of carbonyl (C=O) groups is 2. The second-order valence-corrected chi connectivity index (χ2v) is 11.6. The van der Waals surface area contributed by atoms with E-state index in [0.717, 1.165) is 28.6 Å². The molecule has 2 aromatic carbocycles. The van der Waals surface area contributed by atoms with Crippen LogP contribution in [-0.2, 0) is 39.7 Å². The van der Waals surface area contributed by atoms with Gasteiger partial charge in [-0.3, -0.25) is 19.4 Å². The molecule has 9 nitrogen and oxygen atoms in total. The minimum absolute atomic E-state index is 0.00425. The number of hydrogen-bond donors (Lipinski definition) is 3. The molecule has 0 saturated heterocycles. The largest absolute Gasteiger partial charge is 0.332 e. The van der Waals surface area contributed by atoms with Gasteiger partial charge in [-0.05, 0) is 40.8 Å². The highest BCUT2D eigenvalue weighted by Crippen LogP contribution is 2.28. The van der Waals surface area contributed by atoms with Gasteiger partial charge < -0.3 is 10.2 Å². The van der Waals surface area contributed by atoms with Gasteiger partial charge >= 0.3 is 0 Å². The van der Waals surface area contributed by atoms with Crippen LogP contribution in [-0.4, -0.2) is 41.6 Å². The van der Waals surface area contributed by atoms with Crippen LogP contribution in [0.15, 0.2) is 48.5 Å². The molecular weight excluding hydrogens is 466 g/mol. The fraction of sp³-hybridized carbons (Fsp3) is 0.320. The van der Waals surface area contributed by atoms with Crippen LogP contribution in [0, 0.1) is 0 Å². The zero-order valence-electron chi connectivity index (χ0n) is 20.2. The van der Waals surface area contributed by atoms with E-state index in [1.807, 2.05) is 12.1 Å². The molecular formula is C25H29N5O4S. The summed E-state index contributed by atoms with van der Waals surface area (Å²) in [6.07, 6.45) is 1.26. The van der Waals surface area contributed by atoms with Gasteiger partial charge in [0.05, 0.1) is 31.5 Å². The monoisotopic (exact) mass is 495 g/mol. The quantitative estimate of drug-likeness (QED) is 0.483. The number of sulfonamides is 1. The van der Waals surface area contributed by atoms with E-state index in [0.29, 0.717) is 30.2 Å². The van der Waals surface area contributed by atoms with Crippen LogP contribution < -0.4 is 10.0 Å². The second-order valence-electron chi connectivity index (χ2n) is 9.80. The molecule has 0 atom stereocenters. The van der Waals surface area contributed by atoms with E-state index in [1.165, 1.54) is 0 Å². The van der Waals surface area contributed by atoms with Gasteiger partial charge in [0.15, 0.2) is 0 Å². The molecule has 4 rings (SSSR count). The highest BCUT2D eigenvalue weighted by Gasteiger charge is 2.29. The molecule has 0 spiro atoms. The molecule has 184 valence electrons. The first kappa shape index (κ1) is 24.5. The van der Waals surface area contributed by atoms with Gasteiger partial charge in [-0.15, -0.1) is 0 Å². The molecule has 3 N–H and O–H groups in total. The highest BCUT2D eigenvalue weighted by atomic mass is 32.2. The molecule has 3 aromatic rings. The standard InChI is InChI=1S/C25H29N5O4S/c1-25(2,3)18-9-7-17(8-10-18)24(32)26-23-20-14-30(15-21(20)27-28-23)22(31)13-16-5-11-19(12-6-16)29-35(4,33)34/h5-12,29H,13-15H2,1-4H3,(H2,26,27,28,32). The van der Waals surface area contributed by atoms with Gasteiger partial charge in [0.1, 0.15) is 5.82 Å². The minimum Gasteiger partial charge on any atom is -0.332 e. The van der Waals surface area contributed by atoms with Crippen molar-refractivity contribution in [1.82, 2.24) is 15.1 Å². The first-order chi connectivity index (χ1) is 16.4. The molecule has 0 bridgehead atoms. The third-order valence-electron chi connectivity index (χ3n) is 5.86. The lowest BCUT2D eigenvalue weighted by atomic mass is 9.87. The van der Waals surface area contributed by atoms with E-state index in [9.17, 15) is 18.0 Å². The summed E-state index contributed by atoms with van der Waals surface area (Å²) in [6.45, 7) is 7.06. The maximum Gasteiger partial charge on any atom is 0.256 e. The van der Waals surface area contributed by atoms with Crippen LogP contribution in [0.3, 0.4) is 0 Å². The van der Waals surface area contributed by atoms with Crippen LogP contribution in [0.2, 0.25) is 0 Å². The summed E-state index contributed by atoms with van der Waals surface area (Å²) in [4.78, 5) is 27.3. The molecule has 0 aliphatic carbocycles. The lowest BCUT2D eigenvalue weighted by molar-refractivity contribution is -0.131. The average molecular weight is 496 g/mol. The molecule has 0 radical (unpaired) electrons. The lowest BCUT2D eigenvalue weighted by Gasteiger charge is -2.19. The van der Waals surface area contributed by atoms with E-state index < -0.39 is 10.0 Å². The number of amides is 2. The lowest BCUT2D eigenvalue weighted by Crippen LogP contribution is -2.27. The molecule has 0 saturated carbocycles. The molecule has 2 amide bonds. The van der Waals surface area contributed by atoms with E-state index in [1.54, 1.807) is 41.3 Å². The summed E-state index contributed by atoms with van der Waals surface area (Å²) in [6, 6.07) is 14.2. The Balaban J connectivity index is 1.37. The number of fused-ring (bicyclic) bond motifs is 1. The smallest absolute Gasteiger partial charge is 0.256 e. The Morgan fingerprint density at radius 3 is 2.29 bits per heavy atom. The Morgan fingerprint density at radius 2 is 1.69 bits per heavy atom. The molecule has 1 aliphatic rings. The molecule has 1 aromatic heterocycles. The van der Waals surface area contributed by atoms with Gasteiger partial charge in [-0.2, -0.15) is 5.10 Å². The van der Waals surface area contributed by atoms with Crippen molar-refractivity contribution in [2.75, 3.05) is 16.3 Å². The van der Waals surface area contributed by atoms with Crippen molar-refractivity contribution in [3.05, 3.63) is 76.5 Å². The van der Waals surface area contributed by atoms with Crippen molar-refractivity contribution in [3.63, 3.8) is 0 Å². The summed E-state index contributed by atoms with van der Waals surface area (Å²) >= 11 is 0. The van der Waals surface area contributed by atoms with Crippen LogP contribution in [0.5, 0.6) is 0 Å². The Morgan fingerprint density at radius 1 is 1.03 bits per heavy atom. The van der Waals surface area contributed by atoms with Crippen molar-refractivity contribution >= 4 is 33.3 Å². The zero-order valence-corrected chi connectivity index (χ0v) is 21.0. The Labute approximate surface area is 205 Å². The summed E-state index contributed by atoms with van der Waals surface area (Å²) in [5, 5.41) is 10.0. The average Bonchev–Trinajstić information content (AvgIpc) is 3.36. The van der Waals surface area contributed by atoms with Gasteiger partial charge in [0.25, 0.3) is 5.91 Å². The van der Waals surface area contributed by atoms with Gasteiger partial charge in [0, 0.05) is 16.8 Å². The van der Waals surface area contributed by atoms with Crippen molar-refractivity contribution in [1.29, 1.82) is 0 Å². The second kappa shape index (κ2) is 9.18. The topological polar surface area (TPSA) is 124 Å². The van der Waals surface area contributed by atoms with Gasteiger partial charge in [0.2, 0.25) is 15.9 Å². The zero-order chi connectivity index (χ0) is 25.4. The third-order valence-corrected chi connectivity index (χ3v) is 6.47. The van der Waals surface area contributed by atoms with Crippen molar-refractivity contribution in [2.45, 2.75) is 45.7 Å². The first-order valence-electron chi connectivity index (χ1n) is 11.2. The number of nitrogens with zero attached hydrogens (tertiary/aromatic N) is 2. The maximum absolute atomic E-state index is 12.9. The van der Waals surface area contributed by atoms with Gasteiger partial charge in [-0.25, -0.2) is 8.42 Å². The van der Waals surface area contributed by atoms with Gasteiger partial charge in [-0.1, -0.05) is 45.0 Å².